The smallest absolute Gasteiger partial charge is 0.224 e. The molecule has 0 fully saturated rings. The van der Waals surface area contributed by atoms with Gasteiger partial charge < -0.3 is 19.4 Å². The Labute approximate surface area is 176 Å². The number of methoxy groups -OCH3 is 1. The minimum absolute atomic E-state index is 0.0222. The normalized spacial score (nSPS) is 12.4. The third-order valence-corrected chi connectivity index (χ3v) is 5.51. The van der Waals surface area contributed by atoms with Crippen molar-refractivity contribution in [3.05, 3.63) is 78.1 Å². The van der Waals surface area contributed by atoms with E-state index in [1.54, 1.807) is 13.4 Å². The lowest BCUT2D eigenvalue weighted by Crippen LogP contribution is -2.35. The van der Waals surface area contributed by atoms with Crippen molar-refractivity contribution in [3.8, 4) is 5.75 Å². The van der Waals surface area contributed by atoms with Gasteiger partial charge in [-0.1, -0.05) is 42.5 Å². The summed E-state index contributed by atoms with van der Waals surface area (Å²) in [6.07, 6.45) is 1.98. The first-order valence-electron chi connectivity index (χ1n) is 10.0. The Morgan fingerprint density at radius 1 is 1.07 bits per heavy atom. The molecule has 0 aliphatic rings. The molecule has 1 heterocycles. The first kappa shape index (κ1) is 20.0. The summed E-state index contributed by atoms with van der Waals surface area (Å²) in [7, 11) is 5.68. The van der Waals surface area contributed by atoms with Crippen LogP contribution in [0.15, 0.2) is 71.3 Å². The number of nitrogens with one attached hydrogen (secondary N) is 1. The van der Waals surface area contributed by atoms with Crippen LogP contribution in [0.4, 0.5) is 0 Å². The van der Waals surface area contributed by atoms with E-state index in [-0.39, 0.29) is 18.4 Å². The zero-order valence-corrected chi connectivity index (χ0v) is 17.5. The molecule has 4 rings (SSSR count). The topological polar surface area (TPSA) is 54.7 Å². The summed E-state index contributed by atoms with van der Waals surface area (Å²) in [4.78, 5) is 14.9. The van der Waals surface area contributed by atoms with Gasteiger partial charge in [-0.25, -0.2) is 0 Å². The van der Waals surface area contributed by atoms with Crippen LogP contribution in [0.1, 0.15) is 17.2 Å². The summed E-state index contributed by atoms with van der Waals surface area (Å²) >= 11 is 0. The fourth-order valence-electron chi connectivity index (χ4n) is 3.88. The lowest BCUT2D eigenvalue weighted by molar-refractivity contribution is -0.120. The minimum atomic E-state index is -0.0222. The molecule has 154 valence electrons. The van der Waals surface area contributed by atoms with Gasteiger partial charge in [0, 0.05) is 17.5 Å². The molecule has 0 bridgehead atoms. The summed E-state index contributed by atoms with van der Waals surface area (Å²) in [5, 5.41) is 6.35. The number of carbonyl (C=O) groups is 1. The van der Waals surface area contributed by atoms with Gasteiger partial charge in [-0.3, -0.25) is 4.79 Å². The molecule has 3 aromatic carbocycles. The average molecular weight is 402 g/mol. The molecule has 0 saturated heterocycles. The Morgan fingerprint density at radius 2 is 1.83 bits per heavy atom. The number of ether oxygens (including phenoxy) is 1. The molecule has 1 N–H and O–H groups in total. The molecule has 0 aliphatic carbocycles. The van der Waals surface area contributed by atoms with Crippen molar-refractivity contribution < 1.29 is 13.9 Å². The standard InChI is InChI=1S/C25H26N2O3/c1-27(2)22(18-8-11-20(29-3)12-9-18)15-26-24(28)14-19-16-30-23-13-10-17-6-4-5-7-21(17)25(19)23/h4-13,16,22H,14-15H2,1-3H3,(H,26,28). The summed E-state index contributed by atoms with van der Waals surface area (Å²) in [5.74, 6) is 0.797. The molecule has 1 amide bonds. The highest BCUT2D eigenvalue weighted by molar-refractivity contribution is 6.08. The molecule has 1 atom stereocenters. The monoisotopic (exact) mass is 402 g/mol. The number of likely N-dealkylation sites (N-methyl/N-ethyl adjacent to an activating group) is 1. The maximum atomic E-state index is 12.8. The fraction of sp³-hybridized carbons (Fsp3) is 0.240. The van der Waals surface area contributed by atoms with Gasteiger partial charge in [0.25, 0.3) is 0 Å². The molecule has 0 radical (unpaired) electrons. The Morgan fingerprint density at radius 3 is 2.57 bits per heavy atom. The van der Waals surface area contributed by atoms with Gasteiger partial charge in [0.15, 0.2) is 0 Å². The van der Waals surface area contributed by atoms with Gasteiger partial charge >= 0.3 is 0 Å². The first-order chi connectivity index (χ1) is 14.6. The summed E-state index contributed by atoms with van der Waals surface area (Å²) in [6.45, 7) is 0.523. The van der Waals surface area contributed by atoms with Crippen molar-refractivity contribution >= 4 is 27.6 Å². The van der Waals surface area contributed by atoms with Crippen LogP contribution in [0, 0.1) is 0 Å². The molecule has 5 nitrogen and oxygen atoms in total. The zero-order chi connectivity index (χ0) is 21.1. The van der Waals surface area contributed by atoms with Gasteiger partial charge in [-0.05, 0) is 48.6 Å². The molecule has 0 saturated carbocycles. The number of rotatable bonds is 7. The van der Waals surface area contributed by atoms with Crippen molar-refractivity contribution in [2.75, 3.05) is 27.7 Å². The number of nitrogens with zero attached hydrogens (tertiary/aromatic N) is 1. The Hall–Kier alpha value is -3.31. The highest BCUT2D eigenvalue weighted by Crippen LogP contribution is 2.30. The maximum absolute atomic E-state index is 12.8. The maximum Gasteiger partial charge on any atom is 0.224 e. The van der Waals surface area contributed by atoms with Crippen molar-refractivity contribution in [2.24, 2.45) is 0 Å². The summed E-state index contributed by atoms with van der Waals surface area (Å²) < 4.78 is 11.0. The van der Waals surface area contributed by atoms with Gasteiger partial charge in [-0.2, -0.15) is 0 Å². The molecular formula is C25H26N2O3. The number of benzene rings is 3. The van der Waals surface area contributed by atoms with E-state index in [4.69, 9.17) is 9.15 Å². The highest BCUT2D eigenvalue weighted by atomic mass is 16.5. The molecule has 5 heteroatoms. The quantitative estimate of drug-likeness (QED) is 0.493. The van der Waals surface area contributed by atoms with E-state index >= 15 is 0 Å². The summed E-state index contributed by atoms with van der Waals surface area (Å²) in [5.41, 5.74) is 2.84. The van der Waals surface area contributed by atoms with E-state index in [0.29, 0.717) is 6.54 Å². The predicted octanol–water partition coefficient (Wildman–Crippen LogP) is 4.56. The van der Waals surface area contributed by atoms with Crippen molar-refractivity contribution in [3.63, 3.8) is 0 Å². The first-order valence-corrected chi connectivity index (χ1v) is 10.0. The Kier molecular flexibility index (Phi) is 5.72. The van der Waals surface area contributed by atoms with Crippen LogP contribution in [-0.2, 0) is 11.2 Å². The predicted molar refractivity (Wildman–Crippen MR) is 120 cm³/mol. The van der Waals surface area contributed by atoms with Crippen LogP contribution in [0.25, 0.3) is 21.7 Å². The molecule has 30 heavy (non-hydrogen) atoms. The lowest BCUT2D eigenvalue weighted by atomic mass is 10.0. The lowest BCUT2D eigenvalue weighted by Gasteiger charge is -2.25. The highest BCUT2D eigenvalue weighted by Gasteiger charge is 2.17. The van der Waals surface area contributed by atoms with Crippen molar-refractivity contribution in [1.82, 2.24) is 10.2 Å². The van der Waals surface area contributed by atoms with Gasteiger partial charge in [0.05, 0.1) is 25.8 Å². The molecule has 0 spiro atoms. The minimum Gasteiger partial charge on any atom is -0.497 e. The van der Waals surface area contributed by atoms with Crippen LogP contribution in [-0.4, -0.2) is 38.6 Å². The van der Waals surface area contributed by atoms with E-state index in [2.05, 4.69) is 22.3 Å². The number of furan rings is 1. The van der Waals surface area contributed by atoms with Crippen LogP contribution in [0.2, 0.25) is 0 Å². The molecular weight excluding hydrogens is 376 g/mol. The molecule has 1 unspecified atom stereocenters. The van der Waals surface area contributed by atoms with Crippen molar-refractivity contribution in [2.45, 2.75) is 12.5 Å². The van der Waals surface area contributed by atoms with Crippen molar-refractivity contribution in [1.29, 1.82) is 0 Å². The van der Waals surface area contributed by atoms with Crippen LogP contribution >= 0.6 is 0 Å². The SMILES string of the molecule is COc1ccc(C(CNC(=O)Cc2coc3ccc4ccccc4c23)N(C)C)cc1. The Balaban J connectivity index is 1.49. The largest absolute Gasteiger partial charge is 0.497 e. The fourth-order valence-corrected chi connectivity index (χ4v) is 3.88. The second-order valence-electron chi connectivity index (χ2n) is 7.65. The molecule has 0 aliphatic heterocycles. The van der Waals surface area contributed by atoms with Crippen LogP contribution < -0.4 is 10.1 Å². The summed E-state index contributed by atoms with van der Waals surface area (Å²) in [6, 6.07) is 20.2. The number of carbonyl (C=O) groups excluding carboxylic acids is 1. The average Bonchev–Trinajstić information content (AvgIpc) is 3.17. The third kappa shape index (κ3) is 4.02. The third-order valence-electron chi connectivity index (χ3n) is 5.51. The molecule has 1 aromatic heterocycles. The number of amides is 1. The second-order valence-corrected chi connectivity index (χ2v) is 7.65. The van der Waals surface area contributed by atoms with Gasteiger partial charge in [-0.15, -0.1) is 0 Å². The Bertz CT molecular complexity index is 1160. The van der Waals surface area contributed by atoms with E-state index in [0.717, 1.165) is 38.6 Å². The number of fused-ring (bicyclic) bond motifs is 3. The van der Waals surface area contributed by atoms with Gasteiger partial charge in [0.2, 0.25) is 5.91 Å². The number of hydrogen-bond donors (Lipinski definition) is 1. The number of hydrogen-bond acceptors (Lipinski definition) is 4. The zero-order valence-electron chi connectivity index (χ0n) is 17.5. The van der Waals surface area contributed by atoms with Crippen LogP contribution in [0.5, 0.6) is 5.75 Å². The van der Waals surface area contributed by atoms with Gasteiger partial charge in [0.1, 0.15) is 11.3 Å². The van der Waals surface area contributed by atoms with E-state index in [9.17, 15) is 4.79 Å². The van der Waals surface area contributed by atoms with Crippen LogP contribution in [0.3, 0.4) is 0 Å². The van der Waals surface area contributed by atoms with E-state index < -0.39 is 0 Å². The van der Waals surface area contributed by atoms with E-state index in [1.165, 1.54) is 0 Å². The molecule has 4 aromatic rings. The second kappa shape index (κ2) is 8.59. The van der Waals surface area contributed by atoms with E-state index in [1.807, 2.05) is 62.6 Å².